The van der Waals surface area contributed by atoms with Crippen LogP contribution >= 0.6 is 0 Å². The minimum absolute atomic E-state index is 0.272. The molecule has 210 valence electrons. The molecule has 0 aliphatic heterocycles. The highest BCUT2D eigenvalue weighted by molar-refractivity contribution is 5.73. The maximum atomic E-state index is 14.0. The van der Waals surface area contributed by atoms with Gasteiger partial charge in [-0.15, -0.1) is 0 Å². The molecule has 0 aliphatic carbocycles. The minimum Gasteiger partial charge on any atom is -0.493 e. The maximum Gasteiger partial charge on any atom is 0.311 e. The molecule has 2 N–H and O–H groups in total. The summed E-state index contributed by atoms with van der Waals surface area (Å²) in [5.74, 6) is -0.528. The van der Waals surface area contributed by atoms with Gasteiger partial charge in [0.15, 0.2) is 11.5 Å². The third-order valence-corrected chi connectivity index (χ3v) is 7.04. The Kier molecular flexibility index (Phi) is 7.78. The number of aromatic nitrogens is 4. The van der Waals surface area contributed by atoms with Crippen molar-refractivity contribution in [3.8, 4) is 22.9 Å². The van der Waals surface area contributed by atoms with Crippen molar-refractivity contribution in [2.24, 2.45) is 0 Å². The van der Waals surface area contributed by atoms with Crippen LogP contribution < -0.4 is 20.6 Å². The van der Waals surface area contributed by atoms with Crippen molar-refractivity contribution >= 4 is 5.97 Å². The zero-order valence-electron chi connectivity index (χ0n) is 23.4. The Morgan fingerprint density at radius 2 is 1.29 bits per heavy atom. The average Bonchev–Trinajstić information content (AvgIpc) is 3.45. The van der Waals surface area contributed by atoms with E-state index in [0.717, 1.165) is 0 Å². The molecular formula is C32H32N4O5. The Morgan fingerprint density at radius 1 is 0.780 bits per heavy atom. The molecule has 0 fully saturated rings. The number of H-pyrrole nitrogens is 2. The summed E-state index contributed by atoms with van der Waals surface area (Å²) < 4.78 is 14.1. The van der Waals surface area contributed by atoms with E-state index in [0.29, 0.717) is 51.6 Å². The highest BCUT2D eigenvalue weighted by Crippen LogP contribution is 2.37. The Labute approximate surface area is 237 Å². The first-order chi connectivity index (χ1) is 19.8. The largest absolute Gasteiger partial charge is 0.493 e. The summed E-state index contributed by atoms with van der Waals surface area (Å²) in [6.45, 7) is 5.53. The second-order valence-corrected chi connectivity index (χ2v) is 9.82. The predicted molar refractivity (Wildman–Crippen MR) is 157 cm³/mol. The van der Waals surface area contributed by atoms with Gasteiger partial charge in [0.1, 0.15) is 0 Å². The fraction of sp³-hybridized carbons (Fsp3) is 0.219. The molecule has 41 heavy (non-hydrogen) atoms. The van der Waals surface area contributed by atoms with Crippen molar-refractivity contribution in [3.63, 3.8) is 0 Å². The molecule has 3 aromatic carbocycles. The fourth-order valence-electron chi connectivity index (χ4n) is 5.12. The van der Waals surface area contributed by atoms with E-state index >= 15 is 0 Å². The van der Waals surface area contributed by atoms with Crippen molar-refractivity contribution in [1.29, 1.82) is 0 Å². The Morgan fingerprint density at radius 3 is 1.76 bits per heavy atom. The zero-order valence-corrected chi connectivity index (χ0v) is 23.4. The molecule has 0 bridgehead atoms. The van der Waals surface area contributed by atoms with Crippen LogP contribution in [0.4, 0.5) is 0 Å². The third-order valence-electron chi connectivity index (χ3n) is 7.04. The molecule has 0 saturated carbocycles. The van der Waals surface area contributed by atoms with Crippen LogP contribution in [0.25, 0.3) is 11.4 Å². The van der Waals surface area contributed by atoms with Crippen molar-refractivity contribution < 1.29 is 14.3 Å². The summed E-state index contributed by atoms with van der Waals surface area (Å²) in [5, 5.41) is 6.38. The highest BCUT2D eigenvalue weighted by Gasteiger charge is 2.31. The molecule has 0 saturated heterocycles. The minimum atomic E-state index is -0.758. The van der Waals surface area contributed by atoms with Gasteiger partial charge in [0.05, 0.1) is 29.6 Å². The van der Waals surface area contributed by atoms with Crippen LogP contribution in [0.1, 0.15) is 53.8 Å². The van der Waals surface area contributed by atoms with Crippen molar-refractivity contribution in [2.75, 3.05) is 7.11 Å². The molecule has 0 spiro atoms. The lowest BCUT2D eigenvalue weighted by molar-refractivity contribution is -0.134. The number of methoxy groups -OCH3 is 1. The van der Waals surface area contributed by atoms with Gasteiger partial charge in [-0.1, -0.05) is 49.4 Å². The Bertz CT molecular complexity index is 1700. The first-order valence-electron chi connectivity index (χ1n) is 13.5. The number of aromatic amines is 2. The van der Waals surface area contributed by atoms with Crippen LogP contribution in [-0.2, 0) is 4.79 Å². The second kappa shape index (κ2) is 11.6. The lowest BCUT2D eigenvalue weighted by Crippen LogP contribution is -2.25. The standard InChI is InChI=1S/C32H32N4O5/c1-5-12-27(37)41-25-18-17-22(19-26(25)40-4)30(28-20(2)33-35(31(28)38)23-13-8-6-9-14-23)29-21(3)34-36(32(29)39)24-15-10-7-11-16-24/h6-11,13-19,30,33-34H,5,12H2,1-4H3. The monoisotopic (exact) mass is 552 g/mol. The molecule has 9 nitrogen and oxygen atoms in total. The average molecular weight is 553 g/mol. The van der Waals surface area contributed by atoms with Crippen LogP contribution in [0, 0.1) is 13.8 Å². The number of hydrogen-bond donors (Lipinski definition) is 2. The van der Waals surface area contributed by atoms with Crippen LogP contribution in [0.3, 0.4) is 0 Å². The van der Waals surface area contributed by atoms with Crippen molar-refractivity contribution in [1.82, 2.24) is 19.6 Å². The molecule has 5 aromatic rings. The molecule has 0 atom stereocenters. The smallest absolute Gasteiger partial charge is 0.311 e. The lowest BCUT2D eigenvalue weighted by Gasteiger charge is -2.18. The van der Waals surface area contributed by atoms with Gasteiger partial charge in [-0.25, -0.2) is 9.36 Å². The van der Waals surface area contributed by atoms with Gasteiger partial charge in [0.25, 0.3) is 11.1 Å². The summed E-state index contributed by atoms with van der Waals surface area (Å²) in [6.07, 6.45) is 0.929. The molecule has 0 radical (unpaired) electrons. The number of para-hydroxylation sites is 2. The number of benzene rings is 3. The maximum absolute atomic E-state index is 14.0. The topological polar surface area (TPSA) is 111 Å². The van der Waals surface area contributed by atoms with Crippen LogP contribution in [0.2, 0.25) is 0 Å². The molecule has 2 aromatic heterocycles. The fourth-order valence-corrected chi connectivity index (χ4v) is 5.12. The number of aryl methyl sites for hydroxylation is 2. The highest BCUT2D eigenvalue weighted by atomic mass is 16.6. The third kappa shape index (κ3) is 5.26. The molecule has 5 rings (SSSR count). The molecule has 0 aliphatic rings. The van der Waals surface area contributed by atoms with Gasteiger partial charge in [0, 0.05) is 23.7 Å². The van der Waals surface area contributed by atoms with E-state index in [1.807, 2.05) is 81.4 Å². The van der Waals surface area contributed by atoms with Crippen LogP contribution in [-0.4, -0.2) is 32.6 Å². The van der Waals surface area contributed by atoms with Gasteiger partial charge < -0.3 is 9.47 Å². The normalized spacial score (nSPS) is 11.1. The Hall–Kier alpha value is -5.05. The van der Waals surface area contributed by atoms with Gasteiger partial charge in [-0.2, -0.15) is 0 Å². The van der Waals surface area contributed by atoms with E-state index in [1.54, 1.807) is 18.2 Å². The lowest BCUT2D eigenvalue weighted by atomic mass is 9.85. The van der Waals surface area contributed by atoms with E-state index in [-0.39, 0.29) is 29.3 Å². The summed E-state index contributed by atoms with van der Waals surface area (Å²) in [5.41, 5.74) is 3.51. The van der Waals surface area contributed by atoms with Crippen molar-refractivity contribution in [2.45, 2.75) is 39.5 Å². The van der Waals surface area contributed by atoms with Gasteiger partial charge in [0.2, 0.25) is 0 Å². The predicted octanol–water partition coefficient (Wildman–Crippen LogP) is 5.16. The van der Waals surface area contributed by atoms with E-state index in [9.17, 15) is 14.4 Å². The number of rotatable bonds is 9. The molecule has 0 unspecified atom stereocenters. The van der Waals surface area contributed by atoms with Crippen LogP contribution in [0.15, 0.2) is 88.5 Å². The summed E-state index contributed by atoms with van der Waals surface area (Å²) in [7, 11) is 1.49. The number of ether oxygens (including phenoxy) is 2. The number of hydrogen-bond acceptors (Lipinski definition) is 5. The van der Waals surface area contributed by atoms with E-state index in [4.69, 9.17) is 9.47 Å². The molecule has 2 heterocycles. The van der Waals surface area contributed by atoms with E-state index in [1.165, 1.54) is 16.5 Å². The summed E-state index contributed by atoms with van der Waals surface area (Å²) >= 11 is 0. The number of nitrogens with one attached hydrogen (secondary N) is 2. The quantitative estimate of drug-likeness (QED) is 0.194. The summed E-state index contributed by atoms with van der Waals surface area (Å²) in [4.78, 5) is 40.3. The van der Waals surface area contributed by atoms with Crippen molar-refractivity contribution in [3.05, 3.63) is 128 Å². The zero-order chi connectivity index (χ0) is 29.1. The van der Waals surface area contributed by atoms with Gasteiger partial charge in [-0.3, -0.25) is 24.6 Å². The number of carbonyl (C=O) groups excluding carboxylic acids is 1. The first kappa shape index (κ1) is 27.5. The molecular weight excluding hydrogens is 520 g/mol. The van der Waals surface area contributed by atoms with E-state index in [2.05, 4.69) is 10.2 Å². The SMILES string of the molecule is CCCC(=O)Oc1ccc(C(c2c(C)[nH]n(-c3ccccc3)c2=O)c2c(C)[nH]n(-c3ccccc3)c2=O)cc1OC. The molecule has 9 heteroatoms. The van der Waals surface area contributed by atoms with Crippen LogP contribution in [0.5, 0.6) is 11.5 Å². The Balaban J connectivity index is 1.73. The van der Waals surface area contributed by atoms with E-state index < -0.39 is 5.92 Å². The first-order valence-corrected chi connectivity index (χ1v) is 13.5. The summed E-state index contributed by atoms with van der Waals surface area (Å²) in [6, 6.07) is 23.6. The van der Waals surface area contributed by atoms with Gasteiger partial charge in [-0.05, 0) is 62.2 Å². The number of nitrogens with zero attached hydrogens (tertiary/aromatic N) is 2. The number of esters is 1. The second-order valence-electron chi connectivity index (χ2n) is 9.82. The molecule has 0 amide bonds. The number of carbonyl (C=O) groups is 1. The van der Waals surface area contributed by atoms with Gasteiger partial charge >= 0.3 is 5.97 Å².